The molecule has 0 atom stereocenters. The van der Waals surface area contributed by atoms with E-state index in [0.29, 0.717) is 22.3 Å². The van der Waals surface area contributed by atoms with Gasteiger partial charge in [0.25, 0.3) is 0 Å². The molecule has 1 aromatic carbocycles. The number of rotatable bonds is 2. The Hall–Kier alpha value is -1.77. The van der Waals surface area contributed by atoms with Crippen molar-refractivity contribution in [2.24, 2.45) is 5.41 Å². The van der Waals surface area contributed by atoms with Crippen molar-refractivity contribution in [3.63, 3.8) is 0 Å². The largest absolute Gasteiger partial charge is 0.507 e. The van der Waals surface area contributed by atoms with E-state index in [2.05, 4.69) is 13.8 Å². The highest BCUT2D eigenvalue weighted by Gasteiger charge is 2.28. The summed E-state index contributed by atoms with van der Waals surface area (Å²) in [6.45, 7) is 6.65. The zero-order chi connectivity index (χ0) is 15.9. The molecule has 0 unspecified atom stereocenters. The van der Waals surface area contributed by atoms with Gasteiger partial charge in [-0.2, -0.15) is 0 Å². The van der Waals surface area contributed by atoms with E-state index in [-0.39, 0.29) is 11.3 Å². The minimum Gasteiger partial charge on any atom is -0.507 e. The summed E-state index contributed by atoms with van der Waals surface area (Å²) in [5.41, 5.74) is 3.24. The number of phenols is 1. The van der Waals surface area contributed by atoms with Crippen molar-refractivity contribution >= 4 is 11.0 Å². The van der Waals surface area contributed by atoms with Crippen LogP contribution in [0, 0.1) is 10.8 Å². The molecule has 2 N–H and O–H groups in total. The number of hydrogen-bond acceptors (Lipinski definition) is 3. The lowest BCUT2D eigenvalue weighted by molar-refractivity contribution is 0.224. The molecule has 2 aromatic rings. The van der Waals surface area contributed by atoms with Gasteiger partial charge in [-0.3, -0.25) is 5.41 Å². The van der Waals surface area contributed by atoms with Gasteiger partial charge in [0.05, 0.1) is 5.39 Å². The zero-order valence-corrected chi connectivity index (χ0v) is 13.7. The molecule has 3 nitrogen and oxygen atoms in total. The molecule has 22 heavy (non-hydrogen) atoms. The van der Waals surface area contributed by atoms with E-state index in [1.807, 2.05) is 25.1 Å². The molecule has 1 aliphatic carbocycles. The van der Waals surface area contributed by atoms with Crippen LogP contribution in [0.25, 0.3) is 11.0 Å². The van der Waals surface area contributed by atoms with Gasteiger partial charge in [0, 0.05) is 5.56 Å². The van der Waals surface area contributed by atoms with Crippen LogP contribution in [-0.2, 0) is 6.42 Å². The van der Waals surface area contributed by atoms with E-state index in [9.17, 15) is 5.11 Å². The minimum atomic E-state index is 0.205. The van der Waals surface area contributed by atoms with E-state index in [4.69, 9.17) is 9.83 Å². The Balaban J connectivity index is 2.01. The molecule has 0 saturated heterocycles. The van der Waals surface area contributed by atoms with Crippen molar-refractivity contribution in [1.82, 2.24) is 0 Å². The Morgan fingerprint density at radius 2 is 1.91 bits per heavy atom. The number of nitrogens with one attached hydrogen (secondary N) is 1. The van der Waals surface area contributed by atoms with Crippen LogP contribution in [0.2, 0.25) is 0 Å². The van der Waals surface area contributed by atoms with Crippen LogP contribution in [0.4, 0.5) is 0 Å². The predicted molar refractivity (Wildman–Crippen MR) is 88.1 cm³/mol. The van der Waals surface area contributed by atoms with Crippen LogP contribution in [-0.4, -0.2) is 5.11 Å². The lowest BCUT2D eigenvalue weighted by Crippen LogP contribution is -2.20. The van der Waals surface area contributed by atoms with Gasteiger partial charge in [-0.1, -0.05) is 20.8 Å². The SMILES string of the molecule is CCc1cc2c(O)cc(C3CCC(C)(C)CC3)cc2oc1=N. The van der Waals surface area contributed by atoms with Gasteiger partial charge >= 0.3 is 0 Å². The van der Waals surface area contributed by atoms with Crippen molar-refractivity contribution in [2.75, 3.05) is 0 Å². The second-order valence-corrected chi connectivity index (χ2v) is 7.34. The normalized spacial score (nSPS) is 18.7. The first-order valence-corrected chi connectivity index (χ1v) is 8.24. The van der Waals surface area contributed by atoms with Crippen molar-refractivity contribution < 1.29 is 9.52 Å². The number of aromatic hydroxyl groups is 1. The van der Waals surface area contributed by atoms with Crippen LogP contribution >= 0.6 is 0 Å². The predicted octanol–water partition coefficient (Wildman–Crippen LogP) is 4.86. The molecule has 0 amide bonds. The van der Waals surface area contributed by atoms with Crippen LogP contribution in [0.15, 0.2) is 22.6 Å². The molecular weight excluding hydrogens is 274 g/mol. The maximum Gasteiger partial charge on any atom is 0.215 e. The Labute approximate surface area is 131 Å². The summed E-state index contributed by atoms with van der Waals surface area (Å²) in [7, 11) is 0. The topological polar surface area (TPSA) is 57.2 Å². The molecule has 3 heteroatoms. The fourth-order valence-corrected chi connectivity index (χ4v) is 3.51. The number of fused-ring (bicyclic) bond motifs is 1. The fourth-order valence-electron chi connectivity index (χ4n) is 3.51. The lowest BCUT2D eigenvalue weighted by Gasteiger charge is -2.34. The molecule has 0 radical (unpaired) electrons. The number of aryl methyl sites for hydroxylation is 1. The smallest absolute Gasteiger partial charge is 0.215 e. The molecule has 1 heterocycles. The maximum atomic E-state index is 10.4. The third-order valence-corrected chi connectivity index (χ3v) is 5.16. The summed E-state index contributed by atoms with van der Waals surface area (Å²) in [6, 6.07) is 5.80. The summed E-state index contributed by atoms with van der Waals surface area (Å²) in [4.78, 5) is 0. The highest BCUT2D eigenvalue weighted by molar-refractivity contribution is 5.84. The van der Waals surface area contributed by atoms with Gasteiger partial charge in [0.15, 0.2) is 0 Å². The van der Waals surface area contributed by atoms with Crippen LogP contribution in [0.3, 0.4) is 0 Å². The Kier molecular flexibility index (Phi) is 3.75. The Morgan fingerprint density at radius 1 is 1.23 bits per heavy atom. The van der Waals surface area contributed by atoms with Crippen LogP contribution < -0.4 is 5.55 Å². The van der Waals surface area contributed by atoms with Crippen LogP contribution in [0.5, 0.6) is 5.75 Å². The third kappa shape index (κ3) is 2.77. The average Bonchev–Trinajstić information content (AvgIpc) is 2.46. The van der Waals surface area contributed by atoms with Gasteiger partial charge in [0.2, 0.25) is 5.55 Å². The minimum absolute atomic E-state index is 0.205. The third-order valence-electron chi connectivity index (χ3n) is 5.16. The second kappa shape index (κ2) is 5.45. The zero-order valence-electron chi connectivity index (χ0n) is 13.7. The van der Waals surface area contributed by atoms with Gasteiger partial charge in [-0.05, 0) is 67.2 Å². The second-order valence-electron chi connectivity index (χ2n) is 7.34. The number of hydrogen-bond donors (Lipinski definition) is 2. The van der Waals surface area contributed by atoms with Crippen molar-refractivity contribution in [1.29, 1.82) is 5.41 Å². The Morgan fingerprint density at radius 3 is 2.55 bits per heavy atom. The lowest BCUT2D eigenvalue weighted by atomic mass is 9.71. The van der Waals surface area contributed by atoms with Crippen molar-refractivity contribution in [3.8, 4) is 5.75 Å². The summed E-state index contributed by atoms with van der Waals surface area (Å²) >= 11 is 0. The number of phenolic OH excluding ortho intramolecular Hbond substituents is 1. The quantitative estimate of drug-likeness (QED) is 0.831. The maximum absolute atomic E-state index is 10.4. The average molecular weight is 299 g/mol. The molecular formula is C19H25NO2. The highest BCUT2D eigenvalue weighted by Crippen LogP contribution is 2.43. The van der Waals surface area contributed by atoms with Gasteiger partial charge in [-0.15, -0.1) is 0 Å². The summed E-state index contributed by atoms with van der Waals surface area (Å²) in [5, 5.41) is 19.0. The Bertz CT molecular complexity index is 748. The molecule has 3 rings (SSSR count). The van der Waals surface area contributed by atoms with Gasteiger partial charge in [-0.25, -0.2) is 0 Å². The molecule has 1 saturated carbocycles. The van der Waals surface area contributed by atoms with Gasteiger partial charge in [0.1, 0.15) is 11.3 Å². The molecule has 1 fully saturated rings. The molecule has 118 valence electrons. The van der Waals surface area contributed by atoms with Crippen molar-refractivity contribution in [3.05, 3.63) is 34.9 Å². The molecule has 1 aromatic heterocycles. The molecule has 1 aliphatic rings. The standard InChI is InChI=1S/C19H25NO2/c1-4-12-9-15-16(21)10-14(11-17(15)22-18(12)20)13-5-7-19(2,3)8-6-13/h9-11,13,20-21H,4-8H2,1-3H3. The molecule has 0 bridgehead atoms. The summed E-state index contributed by atoms with van der Waals surface area (Å²) in [5.74, 6) is 0.759. The van der Waals surface area contributed by atoms with Crippen molar-refractivity contribution in [2.45, 2.75) is 58.8 Å². The first-order chi connectivity index (χ1) is 10.4. The van der Waals surface area contributed by atoms with E-state index >= 15 is 0 Å². The molecule has 0 spiro atoms. The van der Waals surface area contributed by atoms with Gasteiger partial charge < -0.3 is 9.52 Å². The first-order valence-electron chi connectivity index (χ1n) is 8.24. The van der Waals surface area contributed by atoms with E-state index < -0.39 is 0 Å². The summed E-state index contributed by atoms with van der Waals surface area (Å²) < 4.78 is 5.64. The molecule has 0 aliphatic heterocycles. The highest BCUT2D eigenvalue weighted by atomic mass is 16.3. The summed E-state index contributed by atoms with van der Waals surface area (Å²) in [6.07, 6.45) is 5.47. The van der Waals surface area contributed by atoms with E-state index in [0.717, 1.165) is 30.4 Å². The fraction of sp³-hybridized carbons (Fsp3) is 0.526. The first kappa shape index (κ1) is 15.1. The van der Waals surface area contributed by atoms with E-state index in [1.165, 1.54) is 12.8 Å². The van der Waals surface area contributed by atoms with Crippen LogP contribution in [0.1, 0.15) is 63.5 Å². The monoisotopic (exact) mass is 299 g/mol. The number of benzene rings is 1. The van der Waals surface area contributed by atoms with E-state index in [1.54, 1.807) is 0 Å².